The molecule has 1 amide bonds. The normalized spacial score (nSPS) is 22.5. The summed E-state index contributed by atoms with van der Waals surface area (Å²) in [5.74, 6) is 0.487. The van der Waals surface area contributed by atoms with Crippen molar-refractivity contribution < 1.29 is 9.53 Å². The molecule has 4 nitrogen and oxygen atoms in total. The Bertz CT molecular complexity index is 448. The van der Waals surface area contributed by atoms with Gasteiger partial charge in [-0.25, -0.2) is 0 Å². The predicted octanol–water partition coefficient (Wildman–Crippen LogP) is 2.54. The van der Waals surface area contributed by atoms with Crippen molar-refractivity contribution in [3.8, 4) is 0 Å². The molecule has 1 fully saturated rings. The summed E-state index contributed by atoms with van der Waals surface area (Å²) in [6.07, 6.45) is 4.33. The second-order valence-electron chi connectivity index (χ2n) is 5.51. The third-order valence-corrected chi connectivity index (χ3v) is 4.05. The van der Waals surface area contributed by atoms with Crippen LogP contribution in [0.25, 0.3) is 0 Å². The number of nitrogens with one attached hydrogen (secondary N) is 1. The van der Waals surface area contributed by atoms with Gasteiger partial charge in [0.15, 0.2) is 0 Å². The molecule has 20 heavy (non-hydrogen) atoms. The predicted molar refractivity (Wildman–Crippen MR) is 80.3 cm³/mol. The fraction of sp³-hybridized carbons (Fsp3) is 0.562. The molecule has 2 atom stereocenters. The van der Waals surface area contributed by atoms with Gasteiger partial charge in [-0.15, -0.1) is 0 Å². The van der Waals surface area contributed by atoms with Crippen molar-refractivity contribution in [2.45, 2.75) is 32.3 Å². The number of carbonyl (C=O) groups excluding carboxylic acids is 1. The second-order valence-corrected chi connectivity index (χ2v) is 5.51. The number of nitrogens with two attached hydrogens (primary N) is 1. The molecule has 3 N–H and O–H groups in total. The van der Waals surface area contributed by atoms with E-state index < -0.39 is 0 Å². The van der Waals surface area contributed by atoms with Gasteiger partial charge in [0.2, 0.25) is 5.91 Å². The van der Waals surface area contributed by atoms with Crippen LogP contribution in [-0.4, -0.2) is 19.6 Å². The quantitative estimate of drug-likeness (QED) is 0.868. The second kappa shape index (κ2) is 7.41. The number of methoxy groups -OCH3 is 1. The van der Waals surface area contributed by atoms with Crippen LogP contribution in [0.5, 0.6) is 0 Å². The smallest absolute Gasteiger partial charge is 0.227 e. The summed E-state index contributed by atoms with van der Waals surface area (Å²) in [7, 11) is 1.67. The monoisotopic (exact) mass is 276 g/mol. The van der Waals surface area contributed by atoms with Crippen molar-refractivity contribution in [2.24, 2.45) is 17.6 Å². The van der Waals surface area contributed by atoms with Gasteiger partial charge in [-0.1, -0.05) is 25.0 Å². The average Bonchev–Trinajstić information content (AvgIpc) is 2.48. The first-order valence-corrected chi connectivity index (χ1v) is 7.33. The van der Waals surface area contributed by atoms with E-state index in [1.807, 2.05) is 24.3 Å². The molecule has 1 aliphatic rings. The first-order valence-electron chi connectivity index (χ1n) is 7.33. The minimum Gasteiger partial charge on any atom is -0.380 e. The van der Waals surface area contributed by atoms with E-state index in [0.29, 0.717) is 19.1 Å². The molecule has 0 radical (unpaired) electrons. The zero-order chi connectivity index (χ0) is 14.4. The molecule has 0 heterocycles. The molecule has 2 rings (SSSR count). The number of anilines is 1. The number of rotatable bonds is 5. The maximum atomic E-state index is 12.4. The van der Waals surface area contributed by atoms with Crippen molar-refractivity contribution in [3.05, 3.63) is 29.8 Å². The fourth-order valence-corrected chi connectivity index (χ4v) is 2.98. The zero-order valence-electron chi connectivity index (χ0n) is 12.1. The molecule has 2 unspecified atom stereocenters. The van der Waals surface area contributed by atoms with Gasteiger partial charge in [-0.2, -0.15) is 0 Å². The van der Waals surface area contributed by atoms with Crippen LogP contribution in [0.1, 0.15) is 31.2 Å². The maximum Gasteiger partial charge on any atom is 0.227 e. The molecule has 1 aliphatic carbocycles. The van der Waals surface area contributed by atoms with Crippen molar-refractivity contribution in [3.63, 3.8) is 0 Å². The molecule has 110 valence electrons. The van der Waals surface area contributed by atoms with Crippen LogP contribution in [-0.2, 0) is 16.1 Å². The van der Waals surface area contributed by atoms with Crippen LogP contribution in [0, 0.1) is 11.8 Å². The molecular formula is C16H24N2O2. The third kappa shape index (κ3) is 3.81. The number of hydrogen-bond donors (Lipinski definition) is 2. The molecule has 1 aromatic rings. The summed E-state index contributed by atoms with van der Waals surface area (Å²) in [5.41, 5.74) is 7.69. The highest BCUT2D eigenvalue weighted by Crippen LogP contribution is 2.30. The Labute approximate surface area is 120 Å². The largest absolute Gasteiger partial charge is 0.380 e. The highest BCUT2D eigenvalue weighted by Gasteiger charge is 2.29. The van der Waals surface area contributed by atoms with Gasteiger partial charge in [0.05, 0.1) is 6.61 Å². The molecule has 0 aromatic heterocycles. The maximum absolute atomic E-state index is 12.4. The van der Waals surface area contributed by atoms with E-state index in [9.17, 15) is 4.79 Å². The first-order chi connectivity index (χ1) is 9.74. The Morgan fingerprint density at radius 2 is 2.20 bits per heavy atom. The number of carbonyl (C=O) groups is 1. The lowest BCUT2D eigenvalue weighted by Gasteiger charge is -2.29. The van der Waals surface area contributed by atoms with Crippen molar-refractivity contribution in [2.75, 3.05) is 19.0 Å². The van der Waals surface area contributed by atoms with Crippen LogP contribution in [0.3, 0.4) is 0 Å². The SMILES string of the molecule is COCc1cccc(NC(=O)C2CCCCC2CN)c1. The topological polar surface area (TPSA) is 64.3 Å². The van der Waals surface area contributed by atoms with E-state index in [1.54, 1.807) is 7.11 Å². The molecule has 4 heteroatoms. The minimum atomic E-state index is 0.0554. The summed E-state index contributed by atoms with van der Waals surface area (Å²) in [6, 6.07) is 7.80. The zero-order valence-corrected chi connectivity index (χ0v) is 12.1. The number of hydrogen-bond acceptors (Lipinski definition) is 3. The highest BCUT2D eigenvalue weighted by atomic mass is 16.5. The van der Waals surface area contributed by atoms with Gasteiger partial charge in [-0.05, 0) is 43.0 Å². The van der Waals surface area contributed by atoms with Gasteiger partial charge in [0.25, 0.3) is 0 Å². The Balaban J connectivity index is 2.01. The number of benzene rings is 1. The van der Waals surface area contributed by atoms with E-state index >= 15 is 0 Å². The minimum absolute atomic E-state index is 0.0554. The molecule has 0 spiro atoms. The van der Waals surface area contributed by atoms with E-state index in [1.165, 1.54) is 6.42 Å². The van der Waals surface area contributed by atoms with Crippen LogP contribution >= 0.6 is 0 Å². The van der Waals surface area contributed by atoms with E-state index in [2.05, 4.69) is 5.32 Å². The third-order valence-electron chi connectivity index (χ3n) is 4.05. The molecule has 1 saturated carbocycles. The number of ether oxygens (including phenoxy) is 1. The highest BCUT2D eigenvalue weighted by molar-refractivity contribution is 5.92. The Kier molecular flexibility index (Phi) is 5.56. The summed E-state index contributed by atoms with van der Waals surface area (Å²) in [6.45, 7) is 1.15. The molecule has 1 aromatic carbocycles. The average molecular weight is 276 g/mol. The van der Waals surface area contributed by atoms with E-state index in [4.69, 9.17) is 10.5 Å². The van der Waals surface area contributed by atoms with Crippen molar-refractivity contribution >= 4 is 11.6 Å². The van der Waals surface area contributed by atoms with E-state index in [-0.39, 0.29) is 11.8 Å². The standard InChI is InChI=1S/C16H24N2O2/c1-20-11-12-5-4-7-14(9-12)18-16(19)15-8-3-2-6-13(15)10-17/h4-5,7,9,13,15H,2-3,6,8,10-11,17H2,1H3,(H,18,19). The van der Waals surface area contributed by atoms with Crippen LogP contribution in [0.4, 0.5) is 5.69 Å². The fourth-order valence-electron chi connectivity index (χ4n) is 2.98. The Hall–Kier alpha value is -1.39. The molecule has 0 bridgehead atoms. The van der Waals surface area contributed by atoms with Gasteiger partial charge in [-0.3, -0.25) is 4.79 Å². The summed E-state index contributed by atoms with van der Waals surface area (Å²) < 4.78 is 5.11. The lowest BCUT2D eigenvalue weighted by Crippen LogP contribution is -2.35. The molecule has 0 aliphatic heterocycles. The van der Waals surface area contributed by atoms with Crippen LogP contribution in [0.2, 0.25) is 0 Å². The van der Waals surface area contributed by atoms with Gasteiger partial charge >= 0.3 is 0 Å². The Morgan fingerprint density at radius 3 is 2.95 bits per heavy atom. The van der Waals surface area contributed by atoms with Crippen molar-refractivity contribution in [1.82, 2.24) is 0 Å². The first kappa shape index (κ1) is 15.0. The summed E-state index contributed by atoms with van der Waals surface area (Å²) in [4.78, 5) is 12.4. The van der Waals surface area contributed by atoms with E-state index in [0.717, 1.165) is 30.5 Å². The van der Waals surface area contributed by atoms with Crippen molar-refractivity contribution in [1.29, 1.82) is 0 Å². The Morgan fingerprint density at radius 1 is 1.40 bits per heavy atom. The van der Waals surface area contributed by atoms with Gasteiger partial charge in [0, 0.05) is 18.7 Å². The lowest BCUT2D eigenvalue weighted by molar-refractivity contribution is -0.122. The number of amides is 1. The molecular weight excluding hydrogens is 252 g/mol. The summed E-state index contributed by atoms with van der Waals surface area (Å²) >= 11 is 0. The van der Waals surface area contributed by atoms with Crippen LogP contribution < -0.4 is 11.1 Å². The van der Waals surface area contributed by atoms with Gasteiger partial charge in [0.1, 0.15) is 0 Å². The summed E-state index contributed by atoms with van der Waals surface area (Å²) in [5, 5.41) is 3.02. The lowest BCUT2D eigenvalue weighted by atomic mass is 9.78. The van der Waals surface area contributed by atoms with Crippen LogP contribution in [0.15, 0.2) is 24.3 Å². The van der Waals surface area contributed by atoms with Gasteiger partial charge < -0.3 is 15.8 Å². The molecule has 0 saturated heterocycles.